The maximum Gasteiger partial charge on any atom is 0.427 e. The van der Waals surface area contributed by atoms with Gasteiger partial charge in [-0.1, -0.05) is 6.42 Å². The Morgan fingerprint density at radius 1 is 0.923 bits per heavy atom. The van der Waals surface area contributed by atoms with Crippen molar-refractivity contribution in [3.05, 3.63) is 0 Å². The Bertz CT molecular complexity index is 580. The number of hydrogen-bond acceptors (Lipinski definition) is 5. The zero-order valence-electron chi connectivity index (χ0n) is 15.8. The first-order valence-electron chi connectivity index (χ1n) is 8.84. The highest BCUT2D eigenvalue weighted by atomic mass is 19.4. The summed E-state index contributed by atoms with van der Waals surface area (Å²) < 4.78 is 48.5. The van der Waals surface area contributed by atoms with Crippen LogP contribution in [-0.2, 0) is 19.1 Å². The normalized spacial score (nSPS) is 28.6. The Labute approximate surface area is 151 Å². The first-order valence-corrected chi connectivity index (χ1v) is 8.84. The van der Waals surface area contributed by atoms with Crippen LogP contribution >= 0.6 is 0 Å². The first kappa shape index (κ1) is 21.0. The van der Waals surface area contributed by atoms with E-state index in [0.29, 0.717) is 11.8 Å². The molecule has 2 aliphatic carbocycles. The molecular formula is C18H27F3O5. The van der Waals surface area contributed by atoms with Gasteiger partial charge >= 0.3 is 18.1 Å². The van der Waals surface area contributed by atoms with Crippen LogP contribution in [0.25, 0.3) is 0 Å². The molecule has 2 aliphatic rings. The lowest BCUT2D eigenvalue weighted by Gasteiger charge is -2.39. The number of rotatable bonds is 5. The van der Waals surface area contributed by atoms with Gasteiger partial charge in [0.2, 0.25) is 5.60 Å². The van der Waals surface area contributed by atoms with Gasteiger partial charge in [0.15, 0.2) is 0 Å². The summed E-state index contributed by atoms with van der Waals surface area (Å²) in [7, 11) is 0. The molecule has 8 heteroatoms. The molecule has 1 N–H and O–H groups in total. The molecule has 26 heavy (non-hydrogen) atoms. The molecule has 0 saturated heterocycles. The number of ether oxygens (including phenoxy) is 2. The smallest absolute Gasteiger partial charge is 0.427 e. The highest BCUT2D eigenvalue weighted by Gasteiger charge is 2.59. The van der Waals surface area contributed by atoms with Crippen LogP contribution in [0.1, 0.15) is 60.3 Å². The molecule has 2 saturated carbocycles. The molecule has 2 rings (SSSR count). The molecule has 0 aromatic rings. The lowest BCUT2D eigenvalue weighted by molar-refractivity contribution is -0.262. The lowest BCUT2D eigenvalue weighted by Crippen LogP contribution is -2.54. The van der Waals surface area contributed by atoms with Gasteiger partial charge in [0.05, 0.1) is 0 Å². The number of alkyl halides is 3. The van der Waals surface area contributed by atoms with E-state index in [1.54, 1.807) is 13.8 Å². The highest BCUT2D eigenvalue weighted by Crippen LogP contribution is 2.53. The van der Waals surface area contributed by atoms with Gasteiger partial charge < -0.3 is 14.6 Å². The van der Waals surface area contributed by atoms with E-state index < -0.39 is 34.9 Å². The Morgan fingerprint density at radius 2 is 1.50 bits per heavy atom. The Kier molecular flexibility index (Phi) is 5.16. The molecule has 0 aromatic heterocycles. The quantitative estimate of drug-likeness (QED) is 0.741. The van der Waals surface area contributed by atoms with E-state index in [4.69, 9.17) is 4.74 Å². The number of fused-ring (bicyclic) bond motifs is 2. The fourth-order valence-electron chi connectivity index (χ4n) is 4.02. The average molecular weight is 380 g/mol. The van der Waals surface area contributed by atoms with Crippen LogP contribution in [0.2, 0.25) is 0 Å². The summed E-state index contributed by atoms with van der Waals surface area (Å²) in [5.41, 5.74) is -6.47. The molecule has 0 heterocycles. The molecule has 0 spiro atoms. The summed E-state index contributed by atoms with van der Waals surface area (Å²) in [5, 5.41) is 9.39. The summed E-state index contributed by atoms with van der Waals surface area (Å²) >= 11 is 0. The summed E-state index contributed by atoms with van der Waals surface area (Å²) in [6.45, 7) is 6.14. The molecular weight excluding hydrogens is 353 g/mol. The van der Waals surface area contributed by atoms with Crippen LogP contribution in [0.4, 0.5) is 13.2 Å². The summed E-state index contributed by atoms with van der Waals surface area (Å²) in [5.74, 6) is -1.59. The maximum atomic E-state index is 12.8. The lowest BCUT2D eigenvalue weighted by atomic mass is 9.78. The zero-order chi connectivity index (χ0) is 20.1. The monoisotopic (exact) mass is 380 g/mol. The summed E-state index contributed by atoms with van der Waals surface area (Å²) in [4.78, 5) is 24.3. The predicted molar refractivity (Wildman–Crippen MR) is 86.0 cm³/mol. The molecule has 4 atom stereocenters. The van der Waals surface area contributed by atoms with Gasteiger partial charge in [-0.05, 0) is 65.7 Å². The largest absolute Gasteiger partial charge is 0.456 e. The fourth-order valence-corrected chi connectivity index (χ4v) is 4.02. The van der Waals surface area contributed by atoms with Crippen molar-refractivity contribution in [2.24, 2.45) is 17.8 Å². The Hall–Kier alpha value is -1.31. The van der Waals surface area contributed by atoms with E-state index in [1.165, 1.54) is 6.42 Å². The number of hydrogen-bond donors (Lipinski definition) is 1. The van der Waals surface area contributed by atoms with E-state index in [0.717, 1.165) is 33.1 Å². The predicted octanol–water partition coefficient (Wildman–Crippen LogP) is 3.38. The molecule has 5 nitrogen and oxygen atoms in total. The van der Waals surface area contributed by atoms with Gasteiger partial charge in [0, 0.05) is 5.92 Å². The second-order valence-electron chi connectivity index (χ2n) is 8.74. The van der Waals surface area contributed by atoms with Gasteiger partial charge in [-0.15, -0.1) is 0 Å². The molecule has 0 radical (unpaired) electrons. The SMILES string of the molecule is CC(C)(OC(=O)C(C)(O)C(F)(F)F)C(=O)OC(C)(C)C1CC2CCC1C2. The number of carbonyl (C=O) groups excluding carboxylic acids is 2. The molecule has 2 fully saturated rings. The number of aliphatic hydroxyl groups is 1. The Balaban J connectivity index is 2.04. The van der Waals surface area contributed by atoms with Gasteiger partial charge in [0.1, 0.15) is 5.60 Å². The van der Waals surface area contributed by atoms with E-state index in [-0.39, 0.29) is 12.8 Å². The molecule has 0 aliphatic heterocycles. The summed E-state index contributed by atoms with van der Waals surface area (Å²) in [6, 6.07) is 0. The van der Waals surface area contributed by atoms with E-state index in [9.17, 15) is 27.9 Å². The van der Waals surface area contributed by atoms with Crippen LogP contribution in [0.15, 0.2) is 0 Å². The number of esters is 2. The van der Waals surface area contributed by atoms with Crippen LogP contribution in [0.3, 0.4) is 0 Å². The standard InChI is InChI=1S/C18H27F3O5/c1-15(2,12-9-10-6-7-11(12)8-10)25-13(22)16(3,4)26-14(23)17(5,24)18(19,20)21/h10-12,24H,6-9H2,1-5H3. The highest BCUT2D eigenvalue weighted by molar-refractivity contribution is 5.86. The minimum Gasteiger partial charge on any atom is -0.456 e. The van der Waals surface area contributed by atoms with E-state index in [1.807, 2.05) is 0 Å². The summed E-state index contributed by atoms with van der Waals surface area (Å²) in [6.07, 6.45) is -0.886. The van der Waals surface area contributed by atoms with Crippen molar-refractivity contribution in [3.8, 4) is 0 Å². The third kappa shape index (κ3) is 3.85. The van der Waals surface area contributed by atoms with E-state index >= 15 is 0 Å². The third-order valence-electron chi connectivity index (χ3n) is 5.78. The van der Waals surface area contributed by atoms with Crippen molar-refractivity contribution in [2.75, 3.05) is 0 Å². The molecule has 0 amide bonds. The van der Waals surface area contributed by atoms with Gasteiger partial charge in [0.25, 0.3) is 5.60 Å². The van der Waals surface area contributed by atoms with Crippen LogP contribution < -0.4 is 0 Å². The van der Waals surface area contributed by atoms with Gasteiger partial charge in [-0.3, -0.25) is 0 Å². The first-order chi connectivity index (χ1) is 11.6. The second-order valence-corrected chi connectivity index (χ2v) is 8.74. The Morgan fingerprint density at radius 3 is 1.92 bits per heavy atom. The molecule has 4 unspecified atom stereocenters. The molecule has 0 aromatic carbocycles. The van der Waals surface area contributed by atoms with Crippen molar-refractivity contribution in [1.29, 1.82) is 0 Å². The van der Waals surface area contributed by atoms with Gasteiger partial charge in [-0.25, -0.2) is 9.59 Å². The van der Waals surface area contributed by atoms with Gasteiger partial charge in [-0.2, -0.15) is 13.2 Å². The molecule has 2 bridgehead atoms. The van der Waals surface area contributed by atoms with Crippen molar-refractivity contribution >= 4 is 11.9 Å². The number of halogens is 3. The number of carbonyl (C=O) groups is 2. The van der Waals surface area contributed by atoms with E-state index in [2.05, 4.69) is 4.74 Å². The van der Waals surface area contributed by atoms with Crippen molar-refractivity contribution < 1.29 is 37.3 Å². The maximum absolute atomic E-state index is 12.8. The van der Waals surface area contributed by atoms with Crippen LogP contribution in [0.5, 0.6) is 0 Å². The van der Waals surface area contributed by atoms with Crippen molar-refractivity contribution in [1.82, 2.24) is 0 Å². The minimum absolute atomic E-state index is 0.176. The van der Waals surface area contributed by atoms with Crippen molar-refractivity contribution in [2.45, 2.75) is 83.3 Å². The second kappa shape index (κ2) is 6.39. The minimum atomic E-state index is -5.22. The average Bonchev–Trinajstić information content (AvgIpc) is 3.07. The van der Waals surface area contributed by atoms with Crippen LogP contribution in [0, 0.1) is 17.8 Å². The van der Waals surface area contributed by atoms with Crippen LogP contribution in [-0.4, -0.2) is 40.0 Å². The fraction of sp³-hybridized carbons (Fsp3) is 0.889. The third-order valence-corrected chi connectivity index (χ3v) is 5.78. The topological polar surface area (TPSA) is 72.8 Å². The zero-order valence-corrected chi connectivity index (χ0v) is 15.8. The molecule has 150 valence electrons. The van der Waals surface area contributed by atoms with Crippen molar-refractivity contribution in [3.63, 3.8) is 0 Å².